The fourth-order valence-corrected chi connectivity index (χ4v) is 2.33. The molecule has 5 heteroatoms. The fraction of sp³-hybridized carbons (Fsp3) is 0.688. The molecule has 1 heterocycles. The highest BCUT2D eigenvalue weighted by Crippen LogP contribution is 2.32. The summed E-state index contributed by atoms with van der Waals surface area (Å²) in [7, 11) is 2.02. The Hall–Kier alpha value is -1.49. The maximum absolute atomic E-state index is 11.7. The Bertz CT molecular complexity index is 472. The molecule has 1 aliphatic rings. The van der Waals surface area contributed by atoms with Gasteiger partial charge in [0.15, 0.2) is 0 Å². The van der Waals surface area contributed by atoms with Gasteiger partial charge < -0.3 is 19.9 Å². The molecule has 2 N–H and O–H groups in total. The Labute approximate surface area is 127 Å². The van der Waals surface area contributed by atoms with Crippen LogP contribution in [0.5, 0.6) is 0 Å². The third kappa shape index (κ3) is 5.79. The van der Waals surface area contributed by atoms with Crippen LogP contribution in [0.25, 0.3) is 0 Å². The summed E-state index contributed by atoms with van der Waals surface area (Å²) in [5.74, 6) is 0.670. The Kier molecular flexibility index (Phi) is 4.93. The van der Waals surface area contributed by atoms with Crippen molar-refractivity contribution in [3.05, 3.63) is 24.0 Å². The second-order valence-electron chi connectivity index (χ2n) is 6.89. The molecule has 0 aromatic carbocycles. The minimum absolute atomic E-state index is 0.317. The Balaban J connectivity index is 1.76. The molecule has 0 radical (unpaired) electrons. The first-order valence-electron chi connectivity index (χ1n) is 7.64. The molecule has 1 aliphatic carbocycles. The number of carbonyl (C=O) groups is 1. The van der Waals surface area contributed by atoms with Crippen molar-refractivity contribution in [2.75, 3.05) is 6.54 Å². The number of carbonyl (C=O) groups excluding carboxylic acids is 1. The van der Waals surface area contributed by atoms with Gasteiger partial charge in [-0.05, 0) is 51.2 Å². The largest absolute Gasteiger partial charge is 0.444 e. The van der Waals surface area contributed by atoms with Gasteiger partial charge in [0, 0.05) is 38.6 Å². The molecule has 0 spiro atoms. The molecule has 118 valence electrons. The van der Waals surface area contributed by atoms with Gasteiger partial charge in [0.05, 0.1) is 0 Å². The predicted octanol–water partition coefficient (Wildman–Crippen LogP) is 2.42. The van der Waals surface area contributed by atoms with Gasteiger partial charge in [0.25, 0.3) is 0 Å². The number of hydrogen-bond acceptors (Lipinski definition) is 3. The molecule has 1 amide bonds. The normalized spacial score (nSPS) is 16.6. The second kappa shape index (κ2) is 6.52. The number of nitrogens with one attached hydrogen (secondary N) is 2. The molecule has 1 aromatic heterocycles. The molecule has 0 aliphatic heterocycles. The average molecular weight is 293 g/mol. The summed E-state index contributed by atoms with van der Waals surface area (Å²) in [6, 6.07) is 2.43. The fourth-order valence-electron chi connectivity index (χ4n) is 2.33. The number of hydrogen-bond donors (Lipinski definition) is 2. The number of ether oxygens (including phenoxy) is 1. The number of aryl methyl sites for hydroxylation is 1. The summed E-state index contributed by atoms with van der Waals surface area (Å²) in [5, 5.41) is 6.42. The number of aromatic nitrogens is 1. The molecular formula is C16H27N3O2. The first kappa shape index (κ1) is 15.9. The minimum Gasteiger partial charge on any atom is -0.444 e. The van der Waals surface area contributed by atoms with E-state index < -0.39 is 5.60 Å². The van der Waals surface area contributed by atoms with E-state index in [1.807, 2.05) is 38.6 Å². The summed E-state index contributed by atoms with van der Waals surface area (Å²) in [6.45, 7) is 7.07. The average Bonchev–Trinajstić information content (AvgIpc) is 3.10. The van der Waals surface area contributed by atoms with Crippen LogP contribution >= 0.6 is 0 Å². The van der Waals surface area contributed by atoms with Gasteiger partial charge >= 0.3 is 6.09 Å². The minimum atomic E-state index is -0.448. The number of alkyl carbamates (subject to hydrolysis) is 1. The summed E-state index contributed by atoms with van der Waals surface area (Å²) in [4.78, 5) is 11.7. The van der Waals surface area contributed by atoms with E-state index in [1.165, 1.54) is 18.4 Å². The van der Waals surface area contributed by atoms with Crippen molar-refractivity contribution in [2.24, 2.45) is 13.0 Å². The maximum atomic E-state index is 11.7. The van der Waals surface area contributed by atoms with Crippen LogP contribution < -0.4 is 10.6 Å². The summed E-state index contributed by atoms with van der Waals surface area (Å²) in [5.41, 5.74) is 0.816. The number of amides is 1. The highest BCUT2D eigenvalue weighted by molar-refractivity contribution is 5.67. The molecule has 5 nitrogen and oxygen atoms in total. The molecule has 0 bridgehead atoms. The summed E-state index contributed by atoms with van der Waals surface area (Å²) < 4.78 is 7.32. The lowest BCUT2D eigenvalue weighted by Crippen LogP contribution is -2.43. The quantitative estimate of drug-likeness (QED) is 0.847. The third-order valence-corrected chi connectivity index (χ3v) is 3.52. The Morgan fingerprint density at radius 1 is 1.48 bits per heavy atom. The number of rotatable bonds is 6. The Morgan fingerprint density at radius 3 is 2.71 bits per heavy atom. The van der Waals surface area contributed by atoms with Gasteiger partial charge in [-0.25, -0.2) is 4.79 Å². The van der Waals surface area contributed by atoms with Crippen LogP contribution in [0, 0.1) is 5.92 Å². The zero-order valence-electron chi connectivity index (χ0n) is 13.5. The van der Waals surface area contributed by atoms with E-state index in [9.17, 15) is 4.79 Å². The molecular weight excluding hydrogens is 266 g/mol. The van der Waals surface area contributed by atoms with E-state index in [1.54, 1.807) is 0 Å². The van der Waals surface area contributed by atoms with Gasteiger partial charge in [0.2, 0.25) is 0 Å². The van der Waals surface area contributed by atoms with Crippen molar-refractivity contribution in [3.8, 4) is 0 Å². The molecule has 2 rings (SSSR count). The smallest absolute Gasteiger partial charge is 0.407 e. The van der Waals surface area contributed by atoms with Crippen LogP contribution in [0.3, 0.4) is 0 Å². The van der Waals surface area contributed by atoms with Gasteiger partial charge in [-0.15, -0.1) is 0 Å². The molecule has 1 fully saturated rings. The van der Waals surface area contributed by atoms with Crippen molar-refractivity contribution in [1.82, 2.24) is 15.2 Å². The number of nitrogens with zero attached hydrogens (tertiary/aromatic N) is 1. The topological polar surface area (TPSA) is 55.3 Å². The maximum Gasteiger partial charge on any atom is 0.407 e. The molecule has 21 heavy (non-hydrogen) atoms. The van der Waals surface area contributed by atoms with Crippen molar-refractivity contribution in [3.63, 3.8) is 0 Å². The summed E-state index contributed by atoms with van der Waals surface area (Å²) in [6.07, 6.45) is 6.29. The summed E-state index contributed by atoms with van der Waals surface area (Å²) >= 11 is 0. The SMILES string of the molecule is Cn1ccc(CNC(CNC(=O)OC(C)(C)C)C2CC2)c1. The lowest BCUT2D eigenvalue weighted by Gasteiger charge is -2.22. The zero-order valence-corrected chi connectivity index (χ0v) is 13.5. The molecule has 0 saturated heterocycles. The van der Waals surface area contributed by atoms with E-state index in [2.05, 4.69) is 22.9 Å². The van der Waals surface area contributed by atoms with Crippen LogP contribution in [0.4, 0.5) is 4.79 Å². The molecule has 1 unspecified atom stereocenters. The van der Waals surface area contributed by atoms with Gasteiger partial charge in [-0.2, -0.15) is 0 Å². The second-order valence-corrected chi connectivity index (χ2v) is 6.89. The first-order valence-corrected chi connectivity index (χ1v) is 7.64. The van der Waals surface area contributed by atoms with Crippen LogP contribution in [0.2, 0.25) is 0 Å². The third-order valence-electron chi connectivity index (χ3n) is 3.52. The van der Waals surface area contributed by atoms with E-state index in [0.717, 1.165) is 6.54 Å². The standard InChI is InChI=1S/C16H27N3O2/c1-16(2,3)21-15(20)18-10-14(13-5-6-13)17-9-12-7-8-19(4)11-12/h7-8,11,13-14,17H,5-6,9-10H2,1-4H3,(H,18,20). The highest BCUT2D eigenvalue weighted by Gasteiger charge is 2.31. The van der Waals surface area contributed by atoms with Crippen LogP contribution in [0.15, 0.2) is 18.5 Å². The van der Waals surface area contributed by atoms with Crippen LogP contribution in [-0.4, -0.2) is 28.8 Å². The first-order chi connectivity index (χ1) is 9.83. The highest BCUT2D eigenvalue weighted by atomic mass is 16.6. The molecule has 1 saturated carbocycles. The predicted molar refractivity (Wildman–Crippen MR) is 83.0 cm³/mol. The van der Waals surface area contributed by atoms with Crippen molar-refractivity contribution in [1.29, 1.82) is 0 Å². The van der Waals surface area contributed by atoms with Crippen molar-refractivity contribution in [2.45, 2.75) is 51.8 Å². The lowest BCUT2D eigenvalue weighted by molar-refractivity contribution is 0.0521. The van der Waals surface area contributed by atoms with E-state index in [0.29, 0.717) is 18.5 Å². The van der Waals surface area contributed by atoms with Gasteiger partial charge in [0.1, 0.15) is 5.60 Å². The van der Waals surface area contributed by atoms with E-state index in [-0.39, 0.29) is 6.09 Å². The van der Waals surface area contributed by atoms with Crippen LogP contribution in [-0.2, 0) is 18.3 Å². The van der Waals surface area contributed by atoms with Crippen molar-refractivity contribution < 1.29 is 9.53 Å². The van der Waals surface area contributed by atoms with Gasteiger partial charge in [-0.3, -0.25) is 0 Å². The van der Waals surface area contributed by atoms with Crippen LogP contribution in [0.1, 0.15) is 39.2 Å². The monoisotopic (exact) mass is 293 g/mol. The van der Waals surface area contributed by atoms with Gasteiger partial charge in [-0.1, -0.05) is 0 Å². The zero-order chi connectivity index (χ0) is 15.5. The van der Waals surface area contributed by atoms with E-state index in [4.69, 9.17) is 4.74 Å². The molecule has 1 aromatic rings. The van der Waals surface area contributed by atoms with Crippen molar-refractivity contribution >= 4 is 6.09 Å². The van der Waals surface area contributed by atoms with E-state index >= 15 is 0 Å². The molecule has 1 atom stereocenters. The Morgan fingerprint density at radius 2 is 2.19 bits per heavy atom. The lowest BCUT2D eigenvalue weighted by atomic mass is 10.1.